The Bertz CT molecular complexity index is 1300. The van der Waals surface area contributed by atoms with E-state index in [0.29, 0.717) is 60.1 Å². The summed E-state index contributed by atoms with van der Waals surface area (Å²) >= 11 is 0. The van der Waals surface area contributed by atoms with Gasteiger partial charge < -0.3 is 19.0 Å². The molecular formula is C22H20N4O4. The maximum Gasteiger partial charge on any atom is 0.289 e. The lowest BCUT2D eigenvalue weighted by molar-refractivity contribution is 0.0716. The van der Waals surface area contributed by atoms with Crippen LogP contribution in [0, 0.1) is 0 Å². The normalized spacial score (nSPS) is 14.4. The lowest BCUT2D eigenvalue weighted by Gasteiger charge is -2.34. The van der Waals surface area contributed by atoms with Gasteiger partial charge >= 0.3 is 0 Å². The highest BCUT2D eigenvalue weighted by Crippen LogP contribution is 2.25. The summed E-state index contributed by atoms with van der Waals surface area (Å²) in [5.41, 5.74) is 1.12. The molecule has 1 amide bonds. The third-order valence-corrected chi connectivity index (χ3v) is 5.40. The number of aromatic nitrogens is 2. The van der Waals surface area contributed by atoms with Gasteiger partial charge in [-0.05, 0) is 30.3 Å². The zero-order chi connectivity index (χ0) is 20.7. The number of hydrogen-bond donors (Lipinski definition) is 1. The number of para-hydroxylation sites is 1. The smallest absolute Gasteiger partial charge is 0.289 e. The van der Waals surface area contributed by atoms with Gasteiger partial charge in [0.15, 0.2) is 5.76 Å². The van der Waals surface area contributed by atoms with E-state index in [2.05, 4.69) is 9.97 Å². The van der Waals surface area contributed by atoms with Gasteiger partial charge in [0.25, 0.3) is 11.5 Å². The summed E-state index contributed by atoms with van der Waals surface area (Å²) in [7, 11) is 1.59. The highest BCUT2D eigenvalue weighted by molar-refractivity contribution is 5.96. The Balaban J connectivity index is 1.32. The SMILES string of the molecule is COc1ccc2cc(C(=O)N3CCN(c4nc5ccccc5c(=O)[nH]4)CC3)oc2c1. The van der Waals surface area contributed by atoms with Gasteiger partial charge in [0.1, 0.15) is 11.3 Å². The van der Waals surface area contributed by atoms with Gasteiger partial charge in [0.05, 0.1) is 18.0 Å². The number of hydrogen-bond acceptors (Lipinski definition) is 6. The van der Waals surface area contributed by atoms with Crippen molar-refractivity contribution < 1.29 is 13.9 Å². The molecule has 8 heteroatoms. The fourth-order valence-corrected chi connectivity index (χ4v) is 3.74. The van der Waals surface area contributed by atoms with Gasteiger partial charge in [-0.2, -0.15) is 0 Å². The average molecular weight is 404 g/mol. The number of aromatic amines is 1. The van der Waals surface area contributed by atoms with E-state index in [4.69, 9.17) is 9.15 Å². The molecule has 2 aromatic heterocycles. The maximum atomic E-state index is 12.9. The Labute approximate surface area is 171 Å². The van der Waals surface area contributed by atoms with Crippen molar-refractivity contribution in [2.45, 2.75) is 0 Å². The first-order chi connectivity index (χ1) is 14.6. The molecule has 4 aromatic rings. The van der Waals surface area contributed by atoms with Crippen LogP contribution in [0.2, 0.25) is 0 Å². The number of anilines is 1. The standard InChI is InChI=1S/C22H20N4O4/c1-29-15-7-6-14-12-19(30-18(14)13-15)21(28)25-8-10-26(11-9-25)22-23-17-5-3-2-4-16(17)20(27)24-22/h2-7,12-13H,8-11H2,1H3,(H,23,24,27). The number of nitrogens with zero attached hydrogens (tertiary/aromatic N) is 3. The Hall–Kier alpha value is -3.81. The number of ether oxygens (including phenoxy) is 1. The zero-order valence-electron chi connectivity index (χ0n) is 16.4. The van der Waals surface area contributed by atoms with Crippen LogP contribution in [0.15, 0.2) is 57.7 Å². The lowest BCUT2D eigenvalue weighted by Crippen LogP contribution is -2.49. The second-order valence-electron chi connectivity index (χ2n) is 7.20. The molecule has 1 saturated heterocycles. The van der Waals surface area contributed by atoms with Crippen molar-refractivity contribution in [1.29, 1.82) is 0 Å². The number of carbonyl (C=O) groups is 1. The molecule has 0 saturated carbocycles. The predicted molar refractivity (Wildman–Crippen MR) is 113 cm³/mol. The largest absolute Gasteiger partial charge is 0.497 e. The molecule has 0 bridgehead atoms. The van der Waals surface area contributed by atoms with Gasteiger partial charge in [-0.1, -0.05) is 12.1 Å². The number of benzene rings is 2. The Morgan fingerprint density at radius 2 is 1.90 bits per heavy atom. The third kappa shape index (κ3) is 3.16. The molecule has 152 valence electrons. The molecule has 0 spiro atoms. The molecule has 1 N–H and O–H groups in total. The second kappa shape index (κ2) is 7.22. The van der Waals surface area contributed by atoms with Crippen molar-refractivity contribution in [3.8, 4) is 5.75 Å². The molecule has 0 aliphatic carbocycles. The molecule has 1 aliphatic heterocycles. The van der Waals surface area contributed by atoms with Crippen molar-refractivity contribution in [2.75, 3.05) is 38.2 Å². The number of methoxy groups -OCH3 is 1. The zero-order valence-corrected chi connectivity index (χ0v) is 16.4. The molecular weight excluding hydrogens is 384 g/mol. The van der Waals surface area contributed by atoms with E-state index >= 15 is 0 Å². The van der Waals surface area contributed by atoms with E-state index in [1.165, 1.54) is 0 Å². The van der Waals surface area contributed by atoms with Gasteiger partial charge in [0.2, 0.25) is 5.95 Å². The number of rotatable bonds is 3. The molecule has 0 unspecified atom stereocenters. The van der Waals surface area contributed by atoms with Crippen LogP contribution < -0.4 is 15.2 Å². The molecule has 2 aromatic carbocycles. The van der Waals surface area contributed by atoms with Crippen molar-refractivity contribution in [3.05, 3.63) is 64.6 Å². The third-order valence-electron chi connectivity index (χ3n) is 5.40. The summed E-state index contributed by atoms with van der Waals surface area (Å²) in [5, 5.41) is 1.42. The molecule has 0 atom stereocenters. The predicted octanol–water partition coefficient (Wildman–Crippen LogP) is 2.64. The first-order valence-electron chi connectivity index (χ1n) is 9.73. The van der Waals surface area contributed by atoms with Gasteiger partial charge in [-0.3, -0.25) is 14.6 Å². The molecule has 8 nitrogen and oxygen atoms in total. The van der Waals surface area contributed by atoms with Crippen molar-refractivity contribution in [2.24, 2.45) is 0 Å². The summed E-state index contributed by atoms with van der Waals surface area (Å²) in [4.78, 5) is 36.4. The van der Waals surface area contributed by atoms with E-state index in [9.17, 15) is 9.59 Å². The number of H-pyrrole nitrogens is 1. The lowest BCUT2D eigenvalue weighted by atomic mass is 10.2. The number of amides is 1. The number of fused-ring (bicyclic) bond motifs is 2. The monoisotopic (exact) mass is 404 g/mol. The second-order valence-corrected chi connectivity index (χ2v) is 7.20. The summed E-state index contributed by atoms with van der Waals surface area (Å²) in [6.45, 7) is 2.16. The van der Waals surface area contributed by atoms with Gasteiger partial charge in [-0.15, -0.1) is 0 Å². The van der Waals surface area contributed by atoms with E-state index in [1.807, 2.05) is 35.2 Å². The van der Waals surface area contributed by atoms with E-state index in [1.54, 1.807) is 30.2 Å². The molecule has 30 heavy (non-hydrogen) atoms. The van der Waals surface area contributed by atoms with Crippen LogP contribution in [0.5, 0.6) is 5.75 Å². The number of piperazine rings is 1. The van der Waals surface area contributed by atoms with E-state index in [-0.39, 0.29) is 11.5 Å². The fourth-order valence-electron chi connectivity index (χ4n) is 3.74. The Morgan fingerprint density at radius 3 is 2.70 bits per heavy atom. The Kier molecular flexibility index (Phi) is 4.39. The highest BCUT2D eigenvalue weighted by Gasteiger charge is 2.26. The minimum atomic E-state index is -0.160. The highest BCUT2D eigenvalue weighted by atomic mass is 16.5. The first-order valence-corrected chi connectivity index (χ1v) is 9.73. The average Bonchev–Trinajstić information content (AvgIpc) is 3.22. The van der Waals surface area contributed by atoms with Crippen LogP contribution in [0.1, 0.15) is 10.6 Å². The number of furan rings is 1. The summed E-state index contributed by atoms with van der Waals surface area (Å²) in [6, 6.07) is 14.5. The topological polar surface area (TPSA) is 91.7 Å². The molecule has 1 fully saturated rings. The van der Waals surface area contributed by atoms with Crippen LogP contribution in [0.4, 0.5) is 5.95 Å². The van der Waals surface area contributed by atoms with Crippen LogP contribution in [-0.2, 0) is 0 Å². The molecule has 3 heterocycles. The van der Waals surface area contributed by atoms with E-state index in [0.717, 1.165) is 5.39 Å². The fraction of sp³-hybridized carbons (Fsp3) is 0.227. The van der Waals surface area contributed by atoms with Crippen LogP contribution in [0.3, 0.4) is 0 Å². The summed E-state index contributed by atoms with van der Waals surface area (Å²) in [6.07, 6.45) is 0. The number of carbonyl (C=O) groups excluding carboxylic acids is 1. The van der Waals surface area contributed by atoms with Crippen molar-refractivity contribution >= 4 is 33.7 Å². The first kappa shape index (κ1) is 18.2. The summed E-state index contributed by atoms with van der Waals surface area (Å²) in [5.74, 6) is 1.37. The van der Waals surface area contributed by atoms with Gasteiger partial charge in [0, 0.05) is 37.6 Å². The molecule has 1 aliphatic rings. The van der Waals surface area contributed by atoms with Crippen LogP contribution >= 0.6 is 0 Å². The summed E-state index contributed by atoms with van der Waals surface area (Å²) < 4.78 is 11.0. The van der Waals surface area contributed by atoms with Crippen molar-refractivity contribution in [3.63, 3.8) is 0 Å². The van der Waals surface area contributed by atoms with E-state index < -0.39 is 0 Å². The quantitative estimate of drug-likeness (QED) is 0.564. The maximum absolute atomic E-state index is 12.9. The number of nitrogens with one attached hydrogen (secondary N) is 1. The molecule has 5 rings (SSSR count). The minimum Gasteiger partial charge on any atom is -0.497 e. The minimum absolute atomic E-state index is 0.148. The van der Waals surface area contributed by atoms with Crippen LogP contribution in [0.25, 0.3) is 21.9 Å². The van der Waals surface area contributed by atoms with Crippen molar-refractivity contribution in [1.82, 2.24) is 14.9 Å². The van der Waals surface area contributed by atoms with Gasteiger partial charge in [-0.25, -0.2) is 4.98 Å². The molecule has 0 radical (unpaired) electrons. The van der Waals surface area contributed by atoms with Crippen LogP contribution in [-0.4, -0.2) is 54.1 Å². The Morgan fingerprint density at radius 1 is 1.10 bits per heavy atom.